The molecule has 12 heteroatoms. The van der Waals surface area contributed by atoms with E-state index in [2.05, 4.69) is 37.8 Å². The van der Waals surface area contributed by atoms with Gasteiger partial charge in [-0.1, -0.05) is 36.5 Å². The van der Waals surface area contributed by atoms with Gasteiger partial charge in [0.2, 0.25) is 11.9 Å². The molecule has 2 saturated heterocycles. The van der Waals surface area contributed by atoms with Gasteiger partial charge < -0.3 is 26.0 Å². The molecule has 1 aromatic heterocycles. The molecule has 4 amide bonds. The molecule has 1 aliphatic carbocycles. The summed E-state index contributed by atoms with van der Waals surface area (Å²) in [6.07, 6.45) is 7.51. The predicted molar refractivity (Wildman–Crippen MR) is 146 cm³/mol. The van der Waals surface area contributed by atoms with E-state index in [-0.39, 0.29) is 53.2 Å². The molecule has 4 N–H and O–H groups in total. The van der Waals surface area contributed by atoms with Crippen molar-refractivity contribution < 1.29 is 19.1 Å². The van der Waals surface area contributed by atoms with Crippen LogP contribution >= 0.6 is 11.8 Å². The zero-order valence-electron chi connectivity index (χ0n) is 21.1. The van der Waals surface area contributed by atoms with Crippen LogP contribution in [-0.4, -0.2) is 57.9 Å². The Hall–Kier alpha value is -3.90. The van der Waals surface area contributed by atoms with Crippen LogP contribution in [-0.2, 0) is 9.59 Å². The van der Waals surface area contributed by atoms with Gasteiger partial charge in [-0.15, -0.1) is 0 Å². The second-order valence-electron chi connectivity index (χ2n) is 9.88. The van der Waals surface area contributed by atoms with Crippen LogP contribution in [0.15, 0.2) is 66.0 Å². The molecule has 0 spiro atoms. The largest absolute Gasteiger partial charge is 0.454 e. The standard InChI is InChI=1S/C27H29N7O4S/c1-2-20(35)31-17-9-6-10-18(17)32-24(36)23-22-21-19(11-12-28-25(21)39-23)34(27(37)33-22)26-29-13-16(14-30-26)38-15-7-4-3-5-8-15/h2-5,7-8,13-14,17-19,21,25,28H,1,6,9-12H2,(H,31,35)(H,32,36)(H,33,37)/t17-,18-,19?,21?,25?/m1/s1. The Balaban J connectivity index is 1.20. The topological polar surface area (TPSA) is 138 Å². The fourth-order valence-corrected chi connectivity index (χ4v) is 7.14. The highest BCUT2D eigenvalue weighted by atomic mass is 32.2. The number of hydrogen-bond donors (Lipinski definition) is 4. The number of carbonyl (C=O) groups excluding carboxylic acids is 3. The first-order valence-electron chi connectivity index (χ1n) is 13.0. The summed E-state index contributed by atoms with van der Waals surface area (Å²) in [4.78, 5) is 49.6. The van der Waals surface area contributed by atoms with Crippen LogP contribution in [0.4, 0.5) is 10.7 Å². The molecule has 39 heavy (non-hydrogen) atoms. The van der Waals surface area contributed by atoms with E-state index in [0.29, 0.717) is 35.1 Å². The lowest BCUT2D eigenvalue weighted by Crippen LogP contribution is -2.62. The third-order valence-corrected chi connectivity index (χ3v) is 8.86. The number of anilines is 1. The third-order valence-electron chi connectivity index (χ3n) is 7.50. The van der Waals surface area contributed by atoms with Crippen LogP contribution in [0.25, 0.3) is 0 Å². The lowest BCUT2D eigenvalue weighted by Gasteiger charge is -2.44. The number of thioether (sulfide) groups is 1. The first kappa shape index (κ1) is 25.4. The number of benzene rings is 1. The molecule has 4 aliphatic rings. The van der Waals surface area contributed by atoms with Gasteiger partial charge in [0.1, 0.15) is 5.75 Å². The Morgan fingerprint density at radius 1 is 1.08 bits per heavy atom. The number of piperidine rings is 1. The van der Waals surface area contributed by atoms with Crippen LogP contribution in [0.5, 0.6) is 11.5 Å². The SMILES string of the molecule is C=CC(=O)N[C@@H]1CCC[C@H]1NC(=O)C1=C2NC(=O)N(c3ncc(Oc4ccccc4)cn3)C3CCNC(S1)C23. The maximum Gasteiger partial charge on any atom is 0.328 e. The number of ether oxygens (including phenoxy) is 1. The highest BCUT2D eigenvalue weighted by Gasteiger charge is 2.52. The molecule has 11 nitrogen and oxygen atoms in total. The minimum atomic E-state index is -0.367. The first-order valence-corrected chi connectivity index (χ1v) is 13.9. The molecular weight excluding hydrogens is 518 g/mol. The van der Waals surface area contributed by atoms with Crippen LogP contribution in [0, 0.1) is 5.92 Å². The summed E-state index contributed by atoms with van der Waals surface area (Å²) in [6.45, 7) is 4.20. The van der Waals surface area contributed by atoms with E-state index in [4.69, 9.17) is 4.74 Å². The highest BCUT2D eigenvalue weighted by molar-refractivity contribution is 8.04. The fraction of sp³-hybridized carbons (Fsp3) is 0.370. The third kappa shape index (κ3) is 4.97. The van der Waals surface area contributed by atoms with Crippen molar-refractivity contribution in [1.82, 2.24) is 31.2 Å². The predicted octanol–water partition coefficient (Wildman–Crippen LogP) is 2.40. The number of aromatic nitrogens is 2. The molecule has 3 aliphatic heterocycles. The van der Waals surface area contributed by atoms with E-state index < -0.39 is 0 Å². The number of rotatable bonds is 7. The second-order valence-corrected chi connectivity index (χ2v) is 11.0. The number of urea groups is 1. The molecule has 4 heterocycles. The van der Waals surface area contributed by atoms with Gasteiger partial charge >= 0.3 is 6.03 Å². The van der Waals surface area contributed by atoms with E-state index >= 15 is 0 Å². The van der Waals surface area contributed by atoms with Gasteiger partial charge in [-0.05, 0) is 50.4 Å². The highest BCUT2D eigenvalue weighted by Crippen LogP contribution is 2.47. The zero-order chi connectivity index (χ0) is 26.9. The molecule has 3 unspecified atom stereocenters. The van der Waals surface area contributed by atoms with E-state index in [1.165, 1.54) is 17.8 Å². The molecule has 1 saturated carbocycles. The van der Waals surface area contributed by atoms with Gasteiger partial charge in [0.25, 0.3) is 5.91 Å². The summed E-state index contributed by atoms with van der Waals surface area (Å²) in [7, 11) is 0. The van der Waals surface area contributed by atoms with Gasteiger partial charge in [-0.25, -0.2) is 14.8 Å². The minimum Gasteiger partial charge on any atom is -0.454 e. The van der Waals surface area contributed by atoms with Gasteiger partial charge in [0.15, 0.2) is 5.75 Å². The summed E-state index contributed by atoms with van der Waals surface area (Å²) in [5.74, 6) is 0.815. The molecule has 0 radical (unpaired) electrons. The Labute approximate surface area is 229 Å². The number of nitrogens with one attached hydrogen (secondary N) is 4. The van der Waals surface area contributed by atoms with Gasteiger partial charge in [-0.2, -0.15) is 0 Å². The van der Waals surface area contributed by atoms with E-state index in [1.54, 1.807) is 17.3 Å². The molecule has 3 fully saturated rings. The normalized spacial score (nSPS) is 27.4. The van der Waals surface area contributed by atoms with Crippen LogP contribution < -0.4 is 30.9 Å². The smallest absolute Gasteiger partial charge is 0.328 e. The number of nitrogens with zero attached hydrogens (tertiary/aromatic N) is 3. The second kappa shape index (κ2) is 10.7. The Bertz CT molecular complexity index is 1320. The van der Waals surface area contributed by atoms with Crippen LogP contribution in [0.2, 0.25) is 0 Å². The summed E-state index contributed by atoms with van der Waals surface area (Å²) in [6, 6.07) is 8.44. The molecule has 5 atom stereocenters. The van der Waals surface area contributed by atoms with Crippen molar-refractivity contribution in [3.63, 3.8) is 0 Å². The van der Waals surface area contributed by atoms with Crippen molar-refractivity contribution in [1.29, 1.82) is 0 Å². The molecule has 202 valence electrons. The van der Waals surface area contributed by atoms with Gasteiger partial charge in [0.05, 0.1) is 28.7 Å². The summed E-state index contributed by atoms with van der Waals surface area (Å²) < 4.78 is 5.79. The lowest BCUT2D eigenvalue weighted by atomic mass is 9.87. The maximum atomic E-state index is 13.4. The molecule has 1 aromatic carbocycles. The van der Waals surface area contributed by atoms with E-state index in [0.717, 1.165) is 19.3 Å². The minimum absolute atomic E-state index is 0.0665. The average Bonchev–Trinajstić information content (AvgIpc) is 3.54. The average molecular weight is 548 g/mol. The molecule has 6 rings (SSSR count). The van der Waals surface area contributed by atoms with Gasteiger partial charge in [0, 0.05) is 23.7 Å². The number of amides is 4. The van der Waals surface area contributed by atoms with Crippen molar-refractivity contribution in [3.8, 4) is 11.5 Å². The van der Waals surface area contributed by atoms with Crippen molar-refractivity contribution in [2.75, 3.05) is 11.4 Å². The summed E-state index contributed by atoms with van der Waals surface area (Å²) >= 11 is 1.44. The maximum absolute atomic E-state index is 13.4. The van der Waals surface area contributed by atoms with E-state index in [9.17, 15) is 14.4 Å². The van der Waals surface area contributed by atoms with Crippen molar-refractivity contribution >= 4 is 35.6 Å². The quantitative estimate of drug-likeness (QED) is 0.388. The Morgan fingerprint density at radius 3 is 2.56 bits per heavy atom. The van der Waals surface area contributed by atoms with Gasteiger partial charge in [-0.3, -0.25) is 14.5 Å². The molecule has 2 aromatic rings. The van der Waals surface area contributed by atoms with E-state index in [1.807, 2.05) is 30.3 Å². The van der Waals surface area contributed by atoms with Crippen LogP contribution in [0.3, 0.4) is 0 Å². The zero-order valence-corrected chi connectivity index (χ0v) is 21.9. The number of carbonyl (C=O) groups is 3. The summed E-state index contributed by atoms with van der Waals surface area (Å²) in [5.41, 5.74) is 0.634. The van der Waals surface area contributed by atoms with Crippen molar-refractivity contribution in [2.24, 2.45) is 5.92 Å². The number of para-hydroxylation sites is 1. The Morgan fingerprint density at radius 2 is 1.82 bits per heavy atom. The lowest BCUT2D eigenvalue weighted by molar-refractivity contribution is -0.119. The monoisotopic (exact) mass is 547 g/mol. The van der Waals surface area contributed by atoms with Crippen LogP contribution in [0.1, 0.15) is 25.7 Å². The number of hydrogen-bond acceptors (Lipinski definition) is 8. The first-order chi connectivity index (χ1) is 19.0. The fourth-order valence-electron chi connectivity index (χ4n) is 5.75. The molecule has 0 bridgehead atoms. The van der Waals surface area contributed by atoms with Crippen molar-refractivity contribution in [2.45, 2.75) is 49.2 Å². The molecular formula is C27H29N7O4S. The van der Waals surface area contributed by atoms with Crippen molar-refractivity contribution in [3.05, 3.63) is 66.0 Å². The Kier molecular flexibility index (Phi) is 6.96. The summed E-state index contributed by atoms with van der Waals surface area (Å²) in [5, 5.41) is 12.4.